The van der Waals surface area contributed by atoms with Gasteiger partial charge in [0.2, 0.25) is 12.0 Å². The van der Waals surface area contributed by atoms with Crippen LogP contribution in [0.3, 0.4) is 0 Å². The minimum absolute atomic E-state index is 0.0538. The van der Waals surface area contributed by atoms with Gasteiger partial charge in [0, 0.05) is 23.6 Å². The molecular formula is C17H16N4O3S. The lowest BCUT2D eigenvalue weighted by Crippen LogP contribution is -2.42. The van der Waals surface area contributed by atoms with Crippen molar-refractivity contribution >= 4 is 34.9 Å². The van der Waals surface area contributed by atoms with Crippen LogP contribution in [0.1, 0.15) is 22.8 Å². The topological polar surface area (TPSA) is 123 Å². The van der Waals surface area contributed by atoms with Crippen molar-refractivity contribution in [3.05, 3.63) is 35.4 Å². The summed E-state index contributed by atoms with van der Waals surface area (Å²) in [6, 6.07) is 7.58. The number of hydrogen-bond acceptors (Lipinski definition) is 7. The summed E-state index contributed by atoms with van der Waals surface area (Å²) in [4.78, 5) is 40.5. The predicted octanol–water partition coefficient (Wildman–Crippen LogP) is 1.35. The summed E-state index contributed by atoms with van der Waals surface area (Å²) in [7, 11) is 0. The standard InChI is InChI=1S/C17H16N4O3S/c1-11(21-10-19)14(16(23)17(24)20-7-8-25-2)15(22)13-5-3-12(9-18)4-6-13/h3-6,14H,7-8H2,1-2H3,(H,20,24). The number of benzene rings is 1. The largest absolute Gasteiger partial charge is 0.349 e. The van der Waals surface area contributed by atoms with Crippen LogP contribution in [-0.4, -0.2) is 41.7 Å². The highest BCUT2D eigenvalue weighted by atomic mass is 32.2. The van der Waals surface area contributed by atoms with Crippen LogP contribution in [0.15, 0.2) is 29.3 Å². The molecule has 1 rings (SSSR count). The average molecular weight is 356 g/mol. The van der Waals surface area contributed by atoms with Crippen molar-refractivity contribution in [3.8, 4) is 12.3 Å². The summed E-state index contributed by atoms with van der Waals surface area (Å²) in [6.45, 7) is 1.64. The molecule has 0 aliphatic heterocycles. The van der Waals surface area contributed by atoms with Gasteiger partial charge >= 0.3 is 0 Å². The van der Waals surface area contributed by atoms with E-state index in [4.69, 9.17) is 10.5 Å². The van der Waals surface area contributed by atoms with Crippen LogP contribution in [-0.2, 0) is 9.59 Å². The Morgan fingerprint density at radius 1 is 1.24 bits per heavy atom. The highest BCUT2D eigenvalue weighted by Gasteiger charge is 2.34. The SMILES string of the molecule is CSCCNC(=O)C(=O)C(C(=O)c1ccc(C#N)cc1)C(C)=NC#N. The number of nitrogens with one attached hydrogen (secondary N) is 1. The monoisotopic (exact) mass is 356 g/mol. The van der Waals surface area contributed by atoms with E-state index in [1.54, 1.807) is 0 Å². The van der Waals surface area contributed by atoms with Crippen LogP contribution < -0.4 is 5.32 Å². The number of nitrogens with zero attached hydrogens (tertiary/aromatic N) is 3. The van der Waals surface area contributed by atoms with Gasteiger partial charge in [-0.3, -0.25) is 14.4 Å². The number of hydrogen-bond donors (Lipinski definition) is 1. The first kappa shape index (κ1) is 20.1. The third kappa shape index (κ3) is 5.55. The van der Waals surface area contributed by atoms with Gasteiger partial charge in [-0.2, -0.15) is 27.3 Å². The van der Waals surface area contributed by atoms with E-state index in [0.717, 1.165) is 0 Å². The van der Waals surface area contributed by atoms with Gasteiger partial charge in [0.15, 0.2) is 5.78 Å². The maximum Gasteiger partial charge on any atom is 0.288 e. The number of Topliss-reactive ketones (excluding diaryl/α,β-unsaturated/α-hetero) is 2. The number of ketones is 2. The normalized spacial score (nSPS) is 11.8. The van der Waals surface area contributed by atoms with Gasteiger partial charge in [-0.25, -0.2) is 0 Å². The van der Waals surface area contributed by atoms with Crippen molar-refractivity contribution in [3.63, 3.8) is 0 Å². The fourth-order valence-corrected chi connectivity index (χ4v) is 2.31. The molecule has 25 heavy (non-hydrogen) atoms. The molecule has 0 aliphatic rings. The minimum atomic E-state index is -1.47. The van der Waals surface area contributed by atoms with Crippen molar-refractivity contribution in [1.29, 1.82) is 10.5 Å². The van der Waals surface area contributed by atoms with Gasteiger partial charge in [0.05, 0.1) is 11.6 Å². The second kappa shape index (κ2) is 10.0. The second-order valence-electron chi connectivity index (χ2n) is 4.95. The molecule has 1 N–H and O–H groups in total. The Morgan fingerprint density at radius 3 is 2.40 bits per heavy atom. The molecule has 0 aromatic heterocycles. The van der Waals surface area contributed by atoms with Crippen molar-refractivity contribution in [2.75, 3.05) is 18.6 Å². The molecule has 0 radical (unpaired) electrons. The predicted molar refractivity (Wildman–Crippen MR) is 94.1 cm³/mol. The number of thioether (sulfide) groups is 1. The zero-order valence-corrected chi connectivity index (χ0v) is 14.6. The first-order chi connectivity index (χ1) is 12.0. The molecule has 1 unspecified atom stereocenters. The number of rotatable bonds is 8. The van der Waals surface area contributed by atoms with Gasteiger partial charge in [-0.1, -0.05) is 12.1 Å². The van der Waals surface area contributed by atoms with Gasteiger partial charge in [-0.05, 0) is 25.3 Å². The number of amides is 1. The van der Waals surface area contributed by atoms with Crippen molar-refractivity contribution < 1.29 is 14.4 Å². The van der Waals surface area contributed by atoms with Crippen molar-refractivity contribution in [2.45, 2.75) is 6.92 Å². The van der Waals surface area contributed by atoms with E-state index >= 15 is 0 Å². The first-order valence-corrected chi connectivity index (χ1v) is 8.64. The zero-order valence-electron chi connectivity index (χ0n) is 13.8. The number of carbonyl (C=O) groups excluding carboxylic acids is 3. The summed E-state index contributed by atoms with van der Waals surface area (Å²) in [6.07, 6.45) is 3.38. The van der Waals surface area contributed by atoms with E-state index in [1.165, 1.54) is 49.1 Å². The van der Waals surface area contributed by atoms with Crippen LogP contribution in [0.2, 0.25) is 0 Å². The third-order valence-electron chi connectivity index (χ3n) is 3.28. The quantitative estimate of drug-likeness (QED) is 0.187. The van der Waals surface area contributed by atoms with Crippen molar-refractivity contribution in [2.24, 2.45) is 10.9 Å². The molecule has 7 nitrogen and oxygen atoms in total. The summed E-state index contributed by atoms with van der Waals surface area (Å²) >= 11 is 1.50. The zero-order chi connectivity index (χ0) is 18.8. The highest BCUT2D eigenvalue weighted by molar-refractivity contribution is 7.98. The fourth-order valence-electron chi connectivity index (χ4n) is 2.00. The second-order valence-corrected chi connectivity index (χ2v) is 5.94. The Hall–Kier alpha value is -2.97. The van der Waals surface area contributed by atoms with E-state index in [-0.39, 0.29) is 17.8 Å². The lowest BCUT2D eigenvalue weighted by atomic mass is 9.89. The summed E-state index contributed by atoms with van der Waals surface area (Å²) < 4.78 is 0. The molecule has 1 amide bonds. The minimum Gasteiger partial charge on any atom is -0.349 e. The van der Waals surface area contributed by atoms with Crippen LogP contribution >= 0.6 is 11.8 Å². The van der Waals surface area contributed by atoms with Crippen LogP contribution in [0.5, 0.6) is 0 Å². The van der Waals surface area contributed by atoms with E-state index in [9.17, 15) is 14.4 Å². The number of aliphatic imine (C=N–C) groups is 1. The maximum absolute atomic E-state index is 12.7. The lowest BCUT2D eigenvalue weighted by Gasteiger charge is -2.14. The van der Waals surface area contributed by atoms with Crippen LogP contribution in [0.4, 0.5) is 0 Å². The molecule has 128 valence electrons. The Balaban J connectivity index is 3.11. The summed E-state index contributed by atoms with van der Waals surface area (Å²) in [5.41, 5.74) is 0.459. The molecule has 1 atom stereocenters. The summed E-state index contributed by atoms with van der Waals surface area (Å²) in [5, 5.41) is 19.9. The first-order valence-electron chi connectivity index (χ1n) is 7.24. The average Bonchev–Trinajstić information content (AvgIpc) is 2.62. The molecule has 0 spiro atoms. The lowest BCUT2D eigenvalue weighted by molar-refractivity contribution is -0.138. The van der Waals surface area contributed by atoms with E-state index in [1.807, 2.05) is 12.3 Å². The molecular weight excluding hydrogens is 340 g/mol. The molecule has 1 aromatic carbocycles. The Morgan fingerprint density at radius 2 is 1.88 bits per heavy atom. The van der Waals surface area contributed by atoms with Gasteiger partial charge in [0.1, 0.15) is 5.92 Å². The van der Waals surface area contributed by atoms with Crippen LogP contribution in [0.25, 0.3) is 0 Å². The van der Waals surface area contributed by atoms with Gasteiger partial charge < -0.3 is 5.32 Å². The summed E-state index contributed by atoms with van der Waals surface area (Å²) in [5.74, 6) is -3.35. The molecule has 0 saturated carbocycles. The maximum atomic E-state index is 12.7. The Kier molecular flexibility index (Phi) is 8.04. The molecule has 0 saturated heterocycles. The molecule has 1 aromatic rings. The molecule has 0 fully saturated rings. The highest BCUT2D eigenvalue weighted by Crippen LogP contribution is 2.14. The fraction of sp³-hybridized carbons (Fsp3) is 0.294. The number of nitriles is 2. The van der Waals surface area contributed by atoms with E-state index in [2.05, 4.69) is 10.3 Å². The van der Waals surface area contributed by atoms with Crippen molar-refractivity contribution in [1.82, 2.24) is 5.32 Å². The smallest absolute Gasteiger partial charge is 0.288 e. The molecule has 8 heteroatoms. The molecule has 0 aliphatic carbocycles. The van der Waals surface area contributed by atoms with Crippen LogP contribution in [0, 0.1) is 28.7 Å². The molecule has 0 heterocycles. The van der Waals surface area contributed by atoms with E-state index in [0.29, 0.717) is 11.3 Å². The third-order valence-corrected chi connectivity index (χ3v) is 3.89. The van der Waals surface area contributed by atoms with Gasteiger partial charge in [-0.15, -0.1) is 0 Å². The Bertz CT molecular complexity index is 773. The number of carbonyl (C=O) groups is 3. The molecule has 0 bridgehead atoms. The van der Waals surface area contributed by atoms with Gasteiger partial charge in [0.25, 0.3) is 5.91 Å². The Labute approximate surface area is 149 Å². The van der Waals surface area contributed by atoms with E-state index < -0.39 is 23.4 Å².